The van der Waals surface area contributed by atoms with Gasteiger partial charge in [0, 0.05) is 28.5 Å². The summed E-state index contributed by atoms with van der Waals surface area (Å²) >= 11 is 0. The summed E-state index contributed by atoms with van der Waals surface area (Å²) < 4.78 is 2.33. The largest absolute Gasteiger partial charge is 0.291 e. The molecule has 0 unspecified atom stereocenters. The van der Waals surface area contributed by atoms with Gasteiger partial charge in [-0.1, -0.05) is 115 Å². The van der Waals surface area contributed by atoms with E-state index in [9.17, 15) is 0 Å². The smallest absolute Gasteiger partial charge is 0.145 e. The van der Waals surface area contributed by atoms with Crippen molar-refractivity contribution in [3.8, 4) is 50.6 Å². The van der Waals surface area contributed by atoms with E-state index in [0.717, 1.165) is 50.5 Å². The molecule has 0 amide bonds. The van der Waals surface area contributed by atoms with E-state index in [-0.39, 0.29) is 0 Å². The van der Waals surface area contributed by atoms with Gasteiger partial charge in [0.1, 0.15) is 5.82 Å². The summed E-state index contributed by atoms with van der Waals surface area (Å²) in [6.45, 7) is 0. The van der Waals surface area contributed by atoms with E-state index in [1.165, 1.54) is 43.4 Å². The van der Waals surface area contributed by atoms with Gasteiger partial charge in [0.25, 0.3) is 0 Å². The van der Waals surface area contributed by atoms with Crippen molar-refractivity contribution in [1.82, 2.24) is 14.5 Å². The monoisotopic (exact) mass is 571 g/mol. The lowest BCUT2D eigenvalue weighted by Crippen LogP contribution is -1.99. The number of fused-ring (bicyclic) bond motifs is 11. The number of aromatic nitrogens is 3. The Morgan fingerprint density at radius 3 is 1.87 bits per heavy atom. The average Bonchev–Trinajstić information content (AvgIpc) is 3.46. The summed E-state index contributed by atoms with van der Waals surface area (Å²) in [7, 11) is 0. The normalized spacial score (nSPS) is 12.0. The fourth-order valence-electron chi connectivity index (χ4n) is 7.40. The molecular weight excluding hydrogens is 546 g/mol. The van der Waals surface area contributed by atoms with Crippen LogP contribution in [0.2, 0.25) is 0 Å². The SMILES string of the molecule is c1cc(-c2ccc3c4ccccc4c4ccccc4c3c2)cc(-c2nc3cccc4c3n2-c2ccccc2-c2ncccc2-4)c1. The molecule has 45 heavy (non-hydrogen) atoms. The highest BCUT2D eigenvalue weighted by Crippen LogP contribution is 2.44. The van der Waals surface area contributed by atoms with E-state index in [2.05, 4.69) is 144 Å². The lowest BCUT2D eigenvalue weighted by Gasteiger charge is -2.14. The molecule has 1 aliphatic heterocycles. The third-order valence-corrected chi connectivity index (χ3v) is 9.37. The number of rotatable bonds is 2. The second kappa shape index (κ2) is 9.22. The van der Waals surface area contributed by atoms with E-state index < -0.39 is 0 Å². The standard InChI is InChI=1S/C42H25N3/c1-2-14-31-29(12-1)30-13-3-4-15-32(30)37-25-27(21-22-33(31)37)26-10-7-11-28(24-26)42-44-38-19-8-17-35-34-18-9-23-43-40(34)36-16-5-6-20-39(36)45(42)41(35)38/h1-25H. The Morgan fingerprint density at radius 2 is 1.04 bits per heavy atom. The van der Waals surface area contributed by atoms with Crippen LogP contribution in [-0.2, 0) is 0 Å². The minimum absolute atomic E-state index is 0.928. The second-order valence-corrected chi connectivity index (χ2v) is 11.8. The Bertz CT molecular complexity index is 2630. The number of pyridine rings is 1. The molecule has 0 saturated carbocycles. The predicted molar refractivity (Wildman–Crippen MR) is 187 cm³/mol. The van der Waals surface area contributed by atoms with Crippen LogP contribution in [0, 0.1) is 0 Å². The molecular formula is C42H25N3. The predicted octanol–water partition coefficient (Wildman–Crippen LogP) is 10.9. The highest BCUT2D eigenvalue weighted by molar-refractivity contribution is 6.25. The zero-order chi connectivity index (χ0) is 29.5. The molecule has 9 aromatic rings. The molecule has 0 saturated heterocycles. The first-order chi connectivity index (χ1) is 22.3. The van der Waals surface area contributed by atoms with Crippen molar-refractivity contribution in [3.63, 3.8) is 0 Å². The van der Waals surface area contributed by atoms with Crippen LogP contribution >= 0.6 is 0 Å². The summed E-state index contributed by atoms with van der Waals surface area (Å²) in [6, 6.07) is 52.4. The van der Waals surface area contributed by atoms with Gasteiger partial charge in [0.15, 0.2) is 0 Å². The molecule has 0 bridgehead atoms. The molecule has 0 atom stereocenters. The van der Waals surface area contributed by atoms with Gasteiger partial charge in [-0.15, -0.1) is 0 Å². The van der Waals surface area contributed by atoms with Gasteiger partial charge in [-0.2, -0.15) is 0 Å². The maximum absolute atomic E-state index is 5.27. The first kappa shape index (κ1) is 24.4. The summed E-state index contributed by atoms with van der Waals surface area (Å²) in [4.78, 5) is 10.1. The van der Waals surface area contributed by atoms with Crippen LogP contribution < -0.4 is 0 Å². The Hall–Kier alpha value is -6.06. The third kappa shape index (κ3) is 3.46. The summed E-state index contributed by atoms with van der Waals surface area (Å²) in [6.07, 6.45) is 1.88. The molecule has 10 rings (SSSR count). The van der Waals surface area contributed by atoms with Crippen LogP contribution in [0.1, 0.15) is 0 Å². The molecule has 3 nitrogen and oxygen atoms in total. The zero-order valence-corrected chi connectivity index (χ0v) is 24.3. The van der Waals surface area contributed by atoms with Crippen molar-refractivity contribution in [2.24, 2.45) is 0 Å². The molecule has 3 heterocycles. The highest BCUT2D eigenvalue weighted by Gasteiger charge is 2.25. The molecule has 7 aromatic carbocycles. The van der Waals surface area contributed by atoms with E-state index in [1.807, 2.05) is 12.3 Å². The molecule has 0 spiro atoms. The molecule has 0 radical (unpaired) electrons. The Balaban J connectivity index is 1.21. The summed E-state index contributed by atoms with van der Waals surface area (Å²) in [5.41, 5.74) is 11.0. The van der Waals surface area contributed by atoms with Crippen molar-refractivity contribution < 1.29 is 0 Å². The molecule has 0 fully saturated rings. The van der Waals surface area contributed by atoms with Crippen LogP contribution in [-0.4, -0.2) is 14.5 Å². The van der Waals surface area contributed by atoms with Crippen LogP contribution in [0.5, 0.6) is 0 Å². The molecule has 1 aliphatic rings. The third-order valence-electron chi connectivity index (χ3n) is 9.37. The molecule has 3 heteroatoms. The highest BCUT2D eigenvalue weighted by atomic mass is 15.1. The number of imidazole rings is 1. The van der Waals surface area contributed by atoms with Gasteiger partial charge in [-0.05, 0) is 73.8 Å². The molecule has 0 aliphatic carbocycles. The van der Waals surface area contributed by atoms with Gasteiger partial charge in [0.05, 0.1) is 22.4 Å². The fraction of sp³-hybridized carbons (Fsp3) is 0. The van der Waals surface area contributed by atoms with Gasteiger partial charge in [0.2, 0.25) is 0 Å². The van der Waals surface area contributed by atoms with Crippen molar-refractivity contribution in [1.29, 1.82) is 0 Å². The number of nitrogens with zero attached hydrogens (tertiary/aromatic N) is 3. The molecule has 208 valence electrons. The van der Waals surface area contributed by atoms with Crippen molar-refractivity contribution in [3.05, 3.63) is 152 Å². The lowest BCUT2D eigenvalue weighted by atomic mass is 9.92. The van der Waals surface area contributed by atoms with Crippen LogP contribution in [0.25, 0.3) is 93.9 Å². The Morgan fingerprint density at radius 1 is 0.422 bits per heavy atom. The first-order valence-electron chi connectivity index (χ1n) is 15.3. The topological polar surface area (TPSA) is 30.7 Å². The van der Waals surface area contributed by atoms with Gasteiger partial charge in [-0.25, -0.2) is 4.98 Å². The van der Waals surface area contributed by atoms with E-state index in [4.69, 9.17) is 9.97 Å². The fourth-order valence-corrected chi connectivity index (χ4v) is 7.40. The number of hydrogen-bond acceptors (Lipinski definition) is 2. The number of hydrogen-bond donors (Lipinski definition) is 0. The number of benzene rings is 7. The van der Waals surface area contributed by atoms with E-state index in [1.54, 1.807) is 0 Å². The summed E-state index contributed by atoms with van der Waals surface area (Å²) in [5.74, 6) is 0.928. The molecule has 2 aromatic heterocycles. The van der Waals surface area contributed by atoms with Crippen LogP contribution in [0.4, 0.5) is 0 Å². The van der Waals surface area contributed by atoms with Gasteiger partial charge < -0.3 is 0 Å². The first-order valence-corrected chi connectivity index (χ1v) is 15.3. The number of para-hydroxylation sites is 2. The van der Waals surface area contributed by atoms with Crippen molar-refractivity contribution >= 4 is 43.4 Å². The van der Waals surface area contributed by atoms with E-state index in [0.29, 0.717) is 0 Å². The Kier molecular flexibility index (Phi) is 5.00. The quantitative estimate of drug-likeness (QED) is 0.193. The van der Waals surface area contributed by atoms with Crippen molar-refractivity contribution in [2.75, 3.05) is 0 Å². The molecule has 0 N–H and O–H groups in total. The average molecular weight is 572 g/mol. The maximum atomic E-state index is 5.27. The van der Waals surface area contributed by atoms with Gasteiger partial charge in [-0.3, -0.25) is 9.55 Å². The van der Waals surface area contributed by atoms with Crippen LogP contribution in [0.3, 0.4) is 0 Å². The lowest BCUT2D eigenvalue weighted by molar-refractivity contribution is 1.11. The minimum atomic E-state index is 0.928. The minimum Gasteiger partial charge on any atom is -0.291 e. The second-order valence-electron chi connectivity index (χ2n) is 11.8. The van der Waals surface area contributed by atoms with E-state index >= 15 is 0 Å². The Labute approximate surface area is 259 Å². The maximum Gasteiger partial charge on any atom is 0.145 e. The van der Waals surface area contributed by atoms with Crippen LogP contribution in [0.15, 0.2) is 152 Å². The zero-order valence-electron chi connectivity index (χ0n) is 24.3. The van der Waals surface area contributed by atoms with Crippen molar-refractivity contribution in [2.45, 2.75) is 0 Å². The van der Waals surface area contributed by atoms with Gasteiger partial charge >= 0.3 is 0 Å². The summed E-state index contributed by atoms with van der Waals surface area (Å²) in [5, 5.41) is 7.70.